The molecule has 1 aromatic rings. The van der Waals surface area contributed by atoms with Crippen LogP contribution in [0.25, 0.3) is 0 Å². The molecule has 0 radical (unpaired) electrons. The zero-order chi connectivity index (χ0) is 21.8. The standard InChI is InChI=1S/C23H39N5O2.HI/c1-5-22(29)28-14-13-20(18-28)26-23(24-6-2)25-17-19-9-11-21(12-10-19)30-16-15-27(7-3)8-4;/h9-12,20H,5-8,13-18H2,1-4H3,(H2,24,25,26);1H. The molecule has 0 saturated carbocycles. The summed E-state index contributed by atoms with van der Waals surface area (Å²) in [7, 11) is 0. The molecule has 0 spiro atoms. The number of hydrogen-bond donors (Lipinski definition) is 2. The van der Waals surface area contributed by atoms with Gasteiger partial charge in [0.2, 0.25) is 5.91 Å². The maximum absolute atomic E-state index is 11.9. The minimum atomic E-state index is 0. The number of likely N-dealkylation sites (N-methyl/N-ethyl adjacent to an activating group) is 1. The monoisotopic (exact) mass is 545 g/mol. The lowest BCUT2D eigenvalue weighted by Gasteiger charge is -2.19. The summed E-state index contributed by atoms with van der Waals surface area (Å²) in [6, 6.07) is 8.41. The Morgan fingerprint density at radius 3 is 2.52 bits per heavy atom. The SMILES string of the molecule is CCNC(=NCc1ccc(OCCN(CC)CC)cc1)NC1CCN(C(=O)CC)C1.I. The third kappa shape index (κ3) is 9.64. The fourth-order valence-electron chi connectivity index (χ4n) is 3.54. The van der Waals surface area contributed by atoms with Gasteiger partial charge in [0.25, 0.3) is 0 Å². The molecule has 1 aliphatic rings. The Bertz CT molecular complexity index is 664. The van der Waals surface area contributed by atoms with Crippen LogP contribution in [0.4, 0.5) is 0 Å². The van der Waals surface area contributed by atoms with Crippen LogP contribution in [0.5, 0.6) is 5.75 Å². The highest BCUT2D eigenvalue weighted by atomic mass is 127. The van der Waals surface area contributed by atoms with E-state index >= 15 is 0 Å². The lowest BCUT2D eigenvalue weighted by molar-refractivity contribution is -0.129. The summed E-state index contributed by atoms with van der Waals surface area (Å²) in [5.41, 5.74) is 1.14. The van der Waals surface area contributed by atoms with E-state index in [0.717, 1.165) is 63.0 Å². The second-order valence-corrected chi connectivity index (χ2v) is 7.54. The van der Waals surface area contributed by atoms with Crippen molar-refractivity contribution in [2.75, 3.05) is 45.9 Å². The van der Waals surface area contributed by atoms with Crippen molar-refractivity contribution in [2.45, 2.75) is 53.1 Å². The molecule has 31 heavy (non-hydrogen) atoms. The molecule has 1 heterocycles. The largest absolute Gasteiger partial charge is 0.492 e. The van der Waals surface area contributed by atoms with Gasteiger partial charge in [0.15, 0.2) is 5.96 Å². The number of ether oxygens (including phenoxy) is 1. The van der Waals surface area contributed by atoms with Crippen LogP contribution in [-0.2, 0) is 11.3 Å². The predicted molar refractivity (Wildman–Crippen MR) is 138 cm³/mol. The van der Waals surface area contributed by atoms with Crippen LogP contribution in [0.2, 0.25) is 0 Å². The van der Waals surface area contributed by atoms with Gasteiger partial charge in [-0.3, -0.25) is 4.79 Å². The van der Waals surface area contributed by atoms with E-state index in [1.807, 2.05) is 24.0 Å². The molecule has 1 saturated heterocycles. The van der Waals surface area contributed by atoms with E-state index in [1.54, 1.807) is 0 Å². The molecular formula is C23H40IN5O2. The van der Waals surface area contributed by atoms with Crippen molar-refractivity contribution in [1.29, 1.82) is 0 Å². The molecule has 2 rings (SSSR count). The number of guanidine groups is 1. The molecule has 0 aliphatic carbocycles. The molecule has 1 aliphatic heterocycles. The first kappa shape index (κ1) is 27.5. The van der Waals surface area contributed by atoms with E-state index in [4.69, 9.17) is 9.73 Å². The summed E-state index contributed by atoms with van der Waals surface area (Å²) in [4.78, 5) is 20.9. The molecule has 1 atom stereocenters. The van der Waals surface area contributed by atoms with Gasteiger partial charge < -0.3 is 25.2 Å². The Morgan fingerprint density at radius 1 is 1.19 bits per heavy atom. The van der Waals surface area contributed by atoms with Gasteiger partial charge in [-0.25, -0.2) is 4.99 Å². The number of carbonyl (C=O) groups excluding carboxylic acids is 1. The average molecular weight is 546 g/mol. The van der Waals surface area contributed by atoms with E-state index in [-0.39, 0.29) is 35.9 Å². The number of carbonyl (C=O) groups is 1. The van der Waals surface area contributed by atoms with Crippen LogP contribution >= 0.6 is 24.0 Å². The molecule has 1 unspecified atom stereocenters. The van der Waals surface area contributed by atoms with Gasteiger partial charge in [0, 0.05) is 38.6 Å². The van der Waals surface area contributed by atoms with Crippen molar-refractivity contribution < 1.29 is 9.53 Å². The molecule has 7 nitrogen and oxygen atoms in total. The number of aliphatic imine (C=N–C) groups is 1. The number of benzene rings is 1. The molecule has 176 valence electrons. The third-order valence-electron chi connectivity index (χ3n) is 5.44. The van der Waals surface area contributed by atoms with Crippen molar-refractivity contribution >= 4 is 35.8 Å². The number of nitrogens with zero attached hydrogens (tertiary/aromatic N) is 3. The molecule has 0 aromatic heterocycles. The molecule has 8 heteroatoms. The summed E-state index contributed by atoms with van der Waals surface area (Å²) in [6.45, 7) is 15.0. The summed E-state index contributed by atoms with van der Waals surface area (Å²) in [5.74, 6) is 1.92. The summed E-state index contributed by atoms with van der Waals surface area (Å²) >= 11 is 0. The number of amides is 1. The maximum Gasteiger partial charge on any atom is 0.222 e. The summed E-state index contributed by atoms with van der Waals surface area (Å²) in [5, 5.41) is 6.78. The summed E-state index contributed by atoms with van der Waals surface area (Å²) < 4.78 is 5.85. The Labute approximate surface area is 205 Å². The highest BCUT2D eigenvalue weighted by Crippen LogP contribution is 2.13. The highest BCUT2D eigenvalue weighted by Gasteiger charge is 2.25. The van der Waals surface area contributed by atoms with Gasteiger partial charge in [0.1, 0.15) is 12.4 Å². The fraction of sp³-hybridized carbons (Fsp3) is 0.652. The lowest BCUT2D eigenvalue weighted by Crippen LogP contribution is -2.45. The molecule has 1 aromatic carbocycles. The second kappa shape index (κ2) is 15.3. The van der Waals surface area contributed by atoms with E-state index < -0.39 is 0 Å². The lowest BCUT2D eigenvalue weighted by atomic mass is 10.2. The van der Waals surface area contributed by atoms with Crippen molar-refractivity contribution in [3.05, 3.63) is 29.8 Å². The van der Waals surface area contributed by atoms with E-state index in [2.05, 4.69) is 48.4 Å². The van der Waals surface area contributed by atoms with Crippen LogP contribution in [0.3, 0.4) is 0 Å². The minimum absolute atomic E-state index is 0. The predicted octanol–water partition coefficient (Wildman–Crippen LogP) is 3.09. The van der Waals surface area contributed by atoms with Gasteiger partial charge in [-0.15, -0.1) is 24.0 Å². The van der Waals surface area contributed by atoms with Gasteiger partial charge in [-0.05, 0) is 44.1 Å². The number of hydrogen-bond acceptors (Lipinski definition) is 4. The van der Waals surface area contributed by atoms with Crippen molar-refractivity contribution in [3.8, 4) is 5.75 Å². The Balaban J connectivity index is 0.00000480. The van der Waals surface area contributed by atoms with Crippen LogP contribution in [0, 0.1) is 0 Å². The molecule has 0 bridgehead atoms. The van der Waals surface area contributed by atoms with Crippen LogP contribution in [0.15, 0.2) is 29.3 Å². The van der Waals surface area contributed by atoms with Crippen LogP contribution < -0.4 is 15.4 Å². The number of halogens is 1. The molecule has 2 N–H and O–H groups in total. The molecule has 1 amide bonds. The fourth-order valence-corrected chi connectivity index (χ4v) is 3.54. The van der Waals surface area contributed by atoms with Crippen molar-refractivity contribution in [2.24, 2.45) is 4.99 Å². The second-order valence-electron chi connectivity index (χ2n) is 7.54. The minimum Gasteiger partial charge on any atom is -0.492 e. The normalized spacial score (nSPS) is 16.2. The first-order chi connectivity index (χ1) is 14.6. The van der Waals surface area contributed by atoms with Crippen LogP contribution in [0.1, 0.15) is 46.1 Å². The Kier molecular flexibility index (Phi) is 13.6. The topological polar surface area (TPSA) is 69.2 Å². The van der Waals surface area contributed by atoms with E-state index in [0.29, 0.717) is 19.6 Å². The van der Waals surface area contributed by atoms with Gasteiger partial charge in [0.05, 0.1) is 6.54 Å². The highest BCUT2D eigenvalue weighted by molar-refractivity contribution is 14.0. The number of rotatable bonds is 11. The van der Waals surface area contributed by atoms with Crippen molar-refractivity contribution in [3.63, 3.8) is 0 Å². The quantitative estimate of drug-likeness (QED) is 0.254. The zero-order valence-corrected chi connectivity index (χ0v) is 21.9. The third-order valence-corrected chi connectivity index (χ3v) is 5.44. The van der Waals surface area contributed by atoms with Gasteiger partial charge in [-0.1, -0.05) is 32.9 Å². The molecular weight excluding hydrogens is 505 g/mol. The Hall–Kier alpha value is -1.55. The van der Waals surface area contributed by atoms with E-state index in [1.165, 1.54) is 0 Å². The van der Waals surface area contributed by atoms with Gasteiger partial charge in [-0.2, -0.15) is 0 Å². The van der Waals surface area contributed by atoms with Gasteiger partial charge >= 0.3 is 0 Å². The first-order valence-electron chi connectivity index (χ1n) is 11.4. The Morgan fingerprint density at radius 2 is 1.90 bits per heavy atom. The average Bonchev–Trinajstić information content (AvgIpc) is 3.24. The molecule has 1 fully saturated rings. The number of nitrogens with one attached hydrogen (secondary N) is 2. The number of likely N-dealkylation sites (tertiary alicyclic amines) is 1. The smallest absolute Gasteiger partial charge is 0.222 e. The zero-order valence-electron chi connectivity index (χ0n) is 19.5. The van der Waals surface area contributed by atoms with E-state index in [9.17, 15) is 4.79 Å². The van der Waals surface area contributed by atoms with Crippen LogP contribution in [-0.4, -0.2) is 73.6 Å². The maximum atomic E-state index is 11.9. The summed E-state index contributed by atoms with van der Waals surface area (Å²) in [6.07, 6.45) is 1.52. The first-order valence-corrected chi connectivity index (χ1v) is 11.4. The van der Waals surface area contributed by atoms with Crippen molar-refractivity contribution in [1.82, 2.24) is 20.4 Å².